The molecule has 1 nitrogen and oxygen atoms in total. The Labute approximate surface area is 104 Å². The van der Waals surface area contributed by atoms with Crippen LogP contribution in [0.15, 0.2) is 23.1 Å². The van der Waals surface area contributed by atoms with Crippen molar-refractivity contribution in [1.82, 2.24) is 5.32 Å². The number of benzene rings is 1. The number of nitrogens with one attached hydrogen (secondary N) is 1. The van der Waals surface area contributed by atoms with Gasteiger partial charge in [0.2, 0.25) is 0 Å². The van der Waals surface area contributed by atoms with Crippen molar-refractivity contribution in [3.8, 4) is 0 Å². The molecular weight excluding hydrogens is 214 g/mol. The maximum absolute atomic E-state index is 3.45. The molecule has 0 saturated carbocycles. The van der Waals surface area contributed by atoms with Gasteiger partial charge in [0.15, 0.2) is 0 Å². The zero-order valence-electron chi connectivity index (χ0n) is 10.7. The number of hydrogen-bond donors (Lipinski definition) is 1. The van der Waals surface area contributed by atoms with Crippen molar-refractivity contribution >= 4 is 11.8 Å². The molecule has 0 amide bonds. The lowest BCUT2D eigenvalue weighted by molar-refractivity contribution is 0.673. The van der Waals surface area contributed by atoms with Crippen LogP contribution in [0.3, 0.4) is 0 Å². The third kappa shape index (κ3) is 4.58. The first kappa shape index (κ1) is 13.6. The smallest absolute Gasteiger partial charge is 0.0208 e. The Morgan fingerprint density at radius 2 is 2.00 bits per heavy atom. The van der Waals surface area contributed by atoms with E-state index in [1.54, 1.807) is 0 Å². The van der Waals surface area contributed by atoms with E-state index in [1.165, 1.54) is 34.6 Å². The van der Waals surface area contributed by atoms with Crippen LogP contribution in [0.5, 0.6) is 0 Å². The summed E-state index contributed by atoms with van der Waals surface area (Å²) in [5, 5.41) is 3.45. The molecule has 0 atom stereocenters. The van der Waals surface area contributed by atoms with Crippen LogP contribution in [0.4, 0.5) is 0 Å². The van der Waals surface area contributed by atoms with Crippen LogP contribution >= 0.6 is 11.8 Å². The van der Waals surface area contributed by atoms with E-state index >= 15 is 0 Å². The first-order valence-corrected chi connectivity index (χ1v) is 7.19. The number of hydrogen-bond acceptors (Lipinski definition) is 2. The second-order valence-corrected chi connectivity index (χ2v) is 5.28. The van der Waals surface area contributed by atoms with E-state index in [2.05, 4.69) is 44.3 Å². The molecular formula is C14H23NS. The van der Waals surface area contributed by atoms with E-state index in [0.29, 0.717) is 0 Å². The molecule has 0 fully saturated rings. The van der Waals surface area contributed by atoms with Gasteiger partial charge in [-0.2, -0.15) is 0 Å². The molecule has 0 aliphatic heterocycles. The van der Waals surface area contributed by atoms with Gasteiger partial charge in [0.25, 0.3) is 0 Å². The predicted octanol–water partition coefficient (Wildman–Crippen LogP) is 4.00. The van der Waals surface area contributed by atoms with Crippen LogP contribution in [-0.2, 0) is 6.54 Å². The largest absolute Gasteiger partial charge is 0.313 e. The highest BCUT2D eigenvalue weighted by Crippen LogP contribution is 2.21. The number of rotatable bonds is 7. The predicted molar refractivity (Wildman–Crippen MR) is 74.2 cm³/mol. The maximum atomic E-state index is 3.45. The molecule has 0 bridgehead atoms. The fraction of sp³-hybridized carbons (Fsp3) is 0.571. The van der Waals surface area contributed by atoms with Gasteiger partial charge in [-0.1, -0.05) is 19.9 Å². The van der Waals surface area contributed by atoms with Gasteiger partial charge in [0.05, 0.1) is 0 Å². The monoisotopic (exact) mass is 237 g/mol. The number of aryl methyl sites for hydroxylation is 1. The Hall–Kier alpha value is -0.470. The summed E-state index contributed by atoms with van der Waals surface area (Å²) in [6.07, 6.45) is 2.44. The van der Waals surface area contributed by atoms with Gasteiger partial charge >= 0.3 is 0 Å². The normalized spacial score (nSPS) is 10.7. The van der Waals surface area contributed by atoms with Gasteiger partial charge in [-0.05, 0) is 55.3 Å². The molecule has 1 aromatic carbocycles. The first-order valence-electron chi connectivity index (χ1n) is 6.21. The molecule has 0 saturated heterocycles. The van der Waals surface area contributed by atoms with E-state index in [1.807, 2.05) is 11.8 Å². The molecule has 0 spiro atoms. The summed E-state index contributed by atoms with van der Waals surface area (Å²) in [5.41, 5.74) is 2.83. The van der Waals surface area contributed by atoms with Crippen LogP contribution in [0.2, 0.25) is 0 Å². The molecule has 0 aliphatic carbocycles. The molecule has 0 radical (unpaired) electrons. The quantitative estimate of drug-likeness (QED) is 0.568. The van der Waals surface area contributed by atoms with Gasteiger partial charge in [-0.15, -0.1) is 11.8 Å². The second-order valence-electron chi connectivity index (χ2n) is 4.11. The topological polar surface area (TPSA) is 12.0 Å². The zero-order chi connectivity index (χ0) is 11.8. The van der Waals surface area contributed by atoms with Gasteiger partial charge in [0, 0.05) is 11.4 Å². The third-order valence-corrected chi connectivity index (χ3v) is 3.73. The summed E-state index contributed by atoms with van der Waals surface area (Å²) in [6.45, 7) is 8.73. The average Bonchev–Trinajstić information content (AvgIpc) is 2.29. The molecule has 0 heterocycles. The van der Waals surface area contributed by atoms with E-state index in [9.17, 15) is 0 Å². The molecule has 16 heavy (non-hydrogen) atoms. The summed E-state index contributed by atoms with van der Waals surface area (Å²) in [6, 6.07) is 6.82. The molecule has 1 rings (SSSR count). The van der Waals surface area contributed by atoms with Crippen molar-refractivity contribution in [3.05, 3.63) is 29.3 Å². The maximum Gasteiger partial charge on any atom is 0.0208 e. The molecule has 1 aromatic rings. The molecule has 0 aromatic heterocycles. The fourth-order valence-electron chi connectivity index (χ4n) is 1.58. The Kier molecular flexibility index (Phi) is 6.58. The van der Waals surface area contributed by atoms with Gasteiger partial charge in [0.1, 0.15) is 0 Å². The summed E-state index contributed by atoms with van der Waals surface area (Å²) in [5.74, 6) is 1.22. The molecule has 2 heteroatoms. The second kappa shape index (κ2) is 7.75. The summed E-state index contributed by atoms with van der Waals surface area (Å²) in [4.78, 5) is 1.40. The molecule has 0 unspecified atom stereocenters. The molecule has 0 aliphatic rings. The highest BCUT2D eigenvalue weighted by molar-refractivity contribution is 7.99. The van der Waals surface area contributed by atoms with Crippen molar-refractivity contribution in [1.29, 1.82) is 0 Å². The van der Waals surface area contributed by atoms with Gasteiger partial charge < -0.3 is 5.32 Å². The van der Waals surface area contributed by atoms with Crippen LogP contribution in [0.25, 0.3) is 0 Å². The first-order chi connectivity index (χ1) is 7.77. The Morgan fingerprint density at radius 3 is 2.62 bits per heavy atom. The SMILES string of the molecule is CCCNCc1ccc(SCCC)cc1C. The van der Waals surface area contributed by atoms with Crippen molar-refractivity contribution in [2.75, 3.05) is 12.3 Å². The van der Waals surface area contributed by atoms with Crippen molar-refractivity contribution in [2.45, 2.75) is 45.1 Å². The number of thioether (sulfide) groups is 1. The molecule has 1 N–H and O–H groups in total. The Morgan fingerprint density at radius 1 is 1.19 bits per heavy atom. The van der Waals surface area contributed by atoms with E-state index in [-0.39, 0.29) is 0 Å². The van der Waals surface area contributed by atoms with Crippen molar-refractivity contribution in [3.63, 3.8) is 0 Å². The molecule has 90 valence electrons. The van der Waals surface area contributed by atoms with Gasteiger partial charge in [-0.3, -0.25) is 0 Å². The standard InChI is InChI=1S/C14H23NS/c1-4-8-15-11-13-6-7-14(10-12(13)3)16-9-5-2/h6-7,10,15H,4-5,8-9,11H2,1-3H3. The van der Waals surface area contributed by atoms with E-state index in [0.717, 1.165) is 13.1 Å². The van der Waals surface area contributed by atoms with Crippen LogP contribution in [-0.4, -0.2) is 12.3 Å². The van der Waals surface area contributed by atoms with Crippen LogP contribution in [0, 0.1) is 6.92 Å². The van der Waals surface area contributed by atoms with E-state index in [4.69, 9.17) is 0 Å². The van der Waals surface area contributed by atoms with Crippen molar-refractivity contribution in [2.24, 2.45) is 0 Å². The lowest BCUT2D eigenvalue weighted by Gasteiger charge is -2.09. The minimum Gasteiger partial charge on any atom is -0.313 e. The fourth-order valence-corrected chi connectivity index (χ4v) is 2.44. The average molecular weight is 237 g/mol. The minimum absolute atomic E-state index is 0.998. The summed E-state index contributed by atoms with van der Waals surface area (Å²) >= 11 is 1.95. The van der Waals surface area contributed by atoms with Crippen LogP contribution in [0.1, 0.15) is 37.8 Å². The lowest BCUT2D eigenvalue weighted by Crippen LogP contribution is -2.14. The van der Waals surface area contributed by atoms with Gasteiger partial charge in [-0.25, -0.2) is 0 Å². The highest BCUT2D eigenvalue weighted by Gasteiger charge is 2.00. The highest BCUT2D eigenvalue weighted by atomic mass is 32.2. The Balaban J connectivity index is 2.53. The zero-order valence-corrected chi connectivity index (χ0v) is 11.5. The van der Waals surface area contributed by atoms with Crippen LogP contribution < -0.4 is 5.32 Å². The van der Waals surface area contributed by atoms with Crippen molar-refractivity contribution < 1.29 is 0 Å². The Bertz CT molecular complexity index is 310. The van der Waals surface area contributed by atoms with E-state index < -0.39 is 0 Å². The summed E-state index contributed by atoms with van der Waals surface area (Å²) in [7, 11) is 0. The summed E-state index contributed by atoms with van der Waals surface area (Å²) < 4.78 is 0. The third-order valence-electron chi connectivity index (χ3n) is 2.53. The lowest BCUT2D eigenvalue weighted by atomic mass is 10.1. The minimum atomic E-state index is 0.998.